The molecule has 1 aromatic carbocycles. The second-order valence-electron chi connectivity index (χ2n) is 7.73. The number of rotatable bonds is 4. The van der Waals surface area contributed by atoms with Crippen molar-refractivity contribution in [3.05, 3.63) is 54.1 Å². The molecular weight excluding hydrogens is 366 g/mol. The number of hydrogen-bond acceptors (Lipinski definition) is 6. The Bertz CT molecular complexity index is 1030. The first-order chi connectivity index (χ1) is 12.7. The number of furan rings is 1. The van der Waals surface area contributed by atoms with Crippen molar-refractivity contribution >= 4 is 10.0 Å². The molecule has 3 heterocycles. The second kappa shape index (κ2) is 6.31. The van der Waals surface area contributed by atoms with Crippen LogP contribution in [0.15, 0.2) is 56.5 Å². The molecule has 0 radical (unpaired) electrons. The summed E-state index contributed by atoms with van der Waals surface area (Å²) in [6, 6.07) is 10.6. The van der Waals surface area contributed by atoms with Gasteiger partial charge in [-0.25, -0.2) is 8.42 Å². The fraction of sp³-hybridized carbons (Fsp3) is 0.368. The monoisotopic (exact) mass is 387 g/mol. The Morgan fingerprint density at radius 2 is 1.81 bits per heavy atom. The highest BCUT2D eigenvalue weighted by Gasteiger charge is 2.40. The van der Waals surface area contributed by atoms with Gasteiger partial charge in [0, 0.05) is 13.1 Å². The predicted octanol–water partition coefficient (Wildman–Crippen LogP) is 3.42. The zero-order valence-electron chi connectivity index (χ0n) is 15.4. The molecule has 0 bridgehead atoms. The van der Waals surface area contributed by atoms with Gasteiger partial charge in [-0.3, -0.25) is 0 Å². The molecule has 4 rings (SSSR count). The molecule has 1 saturated heterocycles. The lowest BCUT2D eigenvalue weighted by Gasteiger charge is -2.35. The van der Waals surface area contributed by atoms with Crippen LogP contribution in [0.1, 0.15) is 38.1 Å². The third-order valence-corrected chi connectivity index (χ3v) is 6.58. The number of aromatic nitrogens is 2. The molecule has 0 saturated carbocycles. The van der Waals surface area contributed by atoms with Crippen molar-refractivity contribution in [3.63, 3.8) is 0 Å². The van der Waals surface area contributed by atoms with Gasteiger partial charge in [0.25, 0.3) is 0 Å². The lowest BCUT2D eigenvalue weighted by Crippen LogP contribution is -2.48. The standard InChI is InChI=1S/C19H21N3O4S/c1-19(2,3)14-6-8-15(9-7-14)27(23,24)22-11-13(12-22)18-20-17(21-26-18)16-5-4-10-25-16/h4-10,13H,11-12H2,1-3H3. The Morgan fingerprint density at radius 3 is 2.41 bits per heavy atom. The Balaban J connectivity index is 1.45. The van der Waals surface area contributed by atoms with E-state index in [0.29, 0.717) is 35.5 Å². The van der Waals surface area contributed by atoms with Crippen molar-refractivity contribution in [1.29, 1.82) is 0 Å². The van der Waals surface area contributed by atoms with Gasteiger partial charge in [-0.15, -0.1) is 0 Å². The van der Waals surface area contributed by atoms with Crippen LogP contribution in [0.3, 0.4) is 0 Å². The van der Waals surface area contributed by atoms with Gasteiger partial charge in [-0.1, -0.05) is 38.1 Å². The van der Waals surface area contributed by atoms with Crippen LogP contribution in [0.4, 0.5) is 0 Å². The molecule has 1 aliphatic rings. The van der Waals surface area contributed by atoms with E-state index in [4.69, 9.17) is 8.94 Å². The van der Waals surface area contributed by atoms with Crippen LogP contribution in [0.25, 0.3) is 11.6 Å². The highest BCUT2D eigenvalue weighted by Crippen LogP contribution is 2.33. The molecule has 1 fully saturated rings. The highest BCUT2D eigenvalue weighted by atomic mass is 32.2. The molecule has 0 unspecified atom stereocenters. The van der Waals surface area contributed by atoms with E-state index in [1.165, 1.54) is 10.6 Å². The Hall–Kier alpha value is -2.45. The summed E-state index contributed by atoms with van der Waals surface area (Å²) in [7, 11) is -3.52. The fourth-order valence-electron chi connectivity index (χ4n) is 2.97. The molecule has 0 spiro atoms. The number of hydrogen-bond donors (Lipinski definition) is 0. The molecule has 0 amide bonds. The lowest BCUT2D eigenvalue weighted by molar-refractivity contribution is 0.217. The van der Waals surface area contributed by atoms with Gasteiger partial charge in [0.1, 0.15) is 0 Å². The molecule has 1 aliphatic heterocycles. The van der Waals surface area contributed by atoms with Gasteiger partial charge in [0.15, 0.2) is 5.76 Å². The molecule has 0 N–H and O–H groups in total. The van der Waals surface area contributed by atoms with Crippen molar-refractivity contribution in [1.82, 2.24) is 14.4 Å². The van der Waals surface area contributed by atoms with Crippen LogP contribution in [-0.4, -0.2) is 36.0 Å². The molecule has 8 heteroatoms. The third-order valence-electron chi connectivity index (χ3n) is 4.74. The second-order valence-corrected chi connectivity index (χ2v) is 9.66. The maximum Gasteiger partial charge on any atom is 0.243 e. The van der Waals surface area contributed by atoms with Crippen molar-refractivity contribution in [2.24, 2.45) is 0 Å². The molecule has 0 aliphatic carbocycles. The summed E-state index contributed by atoms with van der Waals surface area (Å²) in [6.07, 6.45) is 1.54. The number of benzene rings is 1. The zero-order chi connectivity index (χ0) is 19.2. The van der Waals surface area contributed by atoms with E-state index >= 15 is 0 Å². The maximum atomic E-state index is 12.8. The minimum Gasteiger partial charge on any atom is -0.461 e. The summed E-state index contributed by atoms with van der Waals surface area (Å²) in [5.41, 5.74) is 1.08. The lowest BCUT2D eigenvalue weighted by atomic mass is 9.87. The first-order valence-corrected chi connectivity index (χ1v) is 10.2. The van der Waals surface area contributed by atoms with Crippen molar-refractivity contribution in [2.45, 2.75) is 37.0 Å². The third kappa shape index (κ3) is 3.30. The van der Waals surface area contributed by atoms with E-state index in [0.717, 1.165) is 5.56 Å². The van der Waals surface area contributed by atoms with Gasteiger partial charge in [0.2, 0.25) is 21.7 Å². The van der Waals surface area contributed by atoms with Gasteiger partial charge in [-0.2, -0.15) is 9.29 Å². The molecule has 2 aromatic heterocycles. The van der Waals surface area contributed by atoms with Crippen LogP contribution in [-0.2, 0) is 15.4 Å². The van der Waals surface area contributed by atoms with E-state index in [1.54, 1.807) is 24.3 Å². The average Bonchev–Trinajstić information content (AvgIpc) is 3.24. The van der Waals surface area contributed by atoms with Crippen LogP contribution in [0, 0.1) is 0 Å². The normalized spacial score (nSPS) is 16.4. The van der Waals surface area contributed by atoms with Gasteiger partial charge < -0.3 is 8.94 Å². The van der Waals surface area contributed by atoms with E-state index in [1.807, 2.05) is 12.1 Å². The maximum absolute atomic E-state index is 12.8. The summed E-state index contributed by atoms with van der Waals surface area (Å²) < 4.78 is 37.5. The Labute approximate surface area is 158 Å². The zero-order valence-corrected chi connectivity index (χ0v) is 16.2. The van der Waals surface area contributed by atoms with Gasteiger partial charge in [0.05, 0.1) is 17.1 Å². The van der Waals surface area contributed by atoms with Crippen molar-refractivity contribution in [2.75, 3.05) is 13.1 Å². The van der Waals surface area contributed by atoms with Crippen molar-refractivity contribution < 1.29 is 17.4 Å². The van der Waals surface area contributed by atoms with Crippen LogP contribution < -0.4 is 0 Å². The SMILES string of the molecule is CC(C)(C)c1ccc(S(=O)(=O)N2CC(c3nc(-c4ccco4)no3)C2)cc1. The summed E-state index contributed by atoms with van der Waals surface area (Å²) in [6.45, 7) is 6.93. The van der Waals surface area contributed by atoms with Crippen LogP contribution in [0.5, 0.6) is 0 Å². The van der Waals surface area contributed by atoms with Crippen LogP contribution in [0.2, 0.25) is 0 Å². The van der Waals surface area contributed by atoms with Crippen molar-refractivity contribution in [3.8, 4) is 11.6 Å². The van der Waals surface area contributed by atoms with E-state index < -0.39 is 10.0 Å². The smallest absolute Gasteiger partial charge is 0.243 e. The quantitative estimate of drug-likeness (QED) is 0.681. The van der Waals surface area contributed by atoms with Gasteiger partial charge in [-0.05, 0) is 35.2 Å². The summed E-state index contributed by atoms with van der Waals surface area (Å²) in [5.74, 6) is 1.21. The minimum atomic E-state index is -3.52. The number of sulfonamides is 1. The average molecular weight is 387 g/mol. The number of nitrogens with zero attached hydrogens (tertiary/aromatic N) is 3. The largest absolute Gasteiger partial charge is 0.461 e. The Kier molecular flexibility index (Phi) is 4.20. The Morgan fingerprint density at radius 1 is 1.11 bits per heavy atom. The summed E-state index contributed by atoms with van der Waals surface area (Å²) >= 11 is 0. The molecule has 0 atom stereocenters. The highest BCUT2D eigenvalue weighted by molar-refractivity contribution is 7.89. The van der Waals surface area contributed by atoms with E-state index in [-0.39, 0.29) is 11.3 Å². The molecule has 27 heavy (non-hydrogen) atoms. The molecular formula is C19H21N3O4S. The fourth-order valence-corrected chi connectivity index (χ4v) is 4.50. The van der Waals surface area contributed by atoms with E-state index in [9.17, 15) is 8.42 Å². The summed E-state index contributed by atoms with van der Waals surface area (Å²) in [5, 5.41) is 3.89. The molecule has 142 valence electrons. The molecule has 3 aromatic rings. The summed E-state index contributed by atoms with van der Waals surface area (Å²) in [4.78, 5) is 4.61. The predicted molar refractivity (Wildman–Crippen MR) is 98.6 cm³/mol. The van der Waals surface area contributed by atoms with Crippen LogP contribution >= 0.6 is 0 Å². The minimum absolute atomic E-state index is 0.0200. The van der Waals surface area contributed by atoms with Gasteiger partial charge >= 0.3 is 0 Å². The first-order valence-electron chi connectivity index (χ1n) is 8.73. The molecule has 7 nitrogen and oxygen atoms in total. The topological polar surface area (TPSA) is 89.4 Å². The van der Waals surface area contributed by atoms with E-state index in [2.05, 4.69) is 30.9 Å². The first kappa shape index (κ1) is 17.9.